The molecule has 0 aliphatic heterocycles. The molecule has 2 N–H and O–H groups in total. The Labute approximate surface area is 144 Å². The number of carbonyl (C=O) groups excluding carboxylic acids is 1. The van der Waals surface area contributed by atoms with Crippen molar-refractivity contribution in [1.29, 1.82) is 0 Å². The molecular weight excluding hydrogens is 322 g/mol. The topological polar surface area (TPSA) is 66.4 Å². The summed E-state index contributed by atoms with van der Waals surface area (Å²) in [5.74, 6) is 0.448. The summed E-state index contributed by atoms with van der Waals surface area (Å²) in [4.78, 5) is 24.2. The maximum atomic E-state index is 12.3. The van der Waals surface area contributed by atoms with Crippen LogP contribution in [0, 0.1) is 11.8 Å². The molecule has 24 heavy (non-hydrogen) atoms. The van der Waals surface area contributed by atoms with Gasteiger partial charge in [0.1, 0.15) is 5.00 Å². The van der Waals surface area contributed by atoms with E-state index in [1.165, 1.54) is 37.0 Å². The lowest BCUT2D eigenvalue weighted by Gasteiger charge is -2.06. The molecule has 1 amide bonds. The Balaban J connectivity index is 1.60. The molecule has 124 valence electrons. The lowest BCUT2D eigenvalue weighted by atomic mass is 10.0. The van der Waals surface area contributed by atoms with Crippen molar-refractivity contribution < 1.29 is 14.7 Å². The molecule has 2 atom stereocenters. The second kappa shape index (κ2) is 6.06. The maximum absolute atomic E-state index is 12.3. The number of aromatic carboxylic acids is 1. The number of amides is 1. The molecule has 0 spiro atoms. The maximum Gasteiger partial charge on any atom is 0.339 e. The van der Waals surface area contributed by atoms with Crippen molar-refractivity contribution in [3.63, 3.8) is 0 Å². The zero-order valence-electron chi connectivity index (χ0n) is 13.2. The third-order valence-electron chi connectivity index (χ3n) is 5.31. The van der Waals surface area contributed by atoms with E-state index in [-0.39, 0.29) is 5.91 Å². The number of fused-ring (bicyclic) bond motifs is 1. The van der Waals surface area contributed by atoms with Gasteiger partial charge in [0.2, 0.25) is 0 Å². The van der Waals surface area contributed by atoms with Crippen LogP contribution in [0.4, 0.5) is 5.00 Å². The predicted octanol–water partition coefficient (Wildman–Crippen LogP) is 4.60. The van der Waals surface area contributed by atoms with E-state index in [4.69, 9.17) is 0 Å². The number of carboxylic acid groups (broad SMARTS) is 1. The van der Waals surface area contributed by atoms with Crippen molar-refractivity contribution in [3.8, 4) is 0 Å². The summed E-state index contributed by atoms with van der Waals surface area (Å²) in [7, 11) is 0. The van der Waals surface area contributed by atoms with Crippen LogP contribution in [-0.2, 0) is 0 Å². The van der Waals surface area contributed by atoms with E-state index < -0.39 is 5.97 Å². The highest BCUT2D eigenvalue weighted by molar-refractivity contribution is 7.15. The Kier molecular flexibility index (Phi) is 3.88. The van der Waals surface area contributed by atoms with E-state index in [9.17, 15) is 14.7 Å². The number of benzene rings is 1. The number of hydrogen-bond donors (Lipinski definition) is 2. The van der Waals surface area contributed by atoms with Crippen LogP contribution in [-0.4, -0.2) is 17.0 Å². The van der Waals surface area contributed by atoms with Crippen LogP contribution < -0.4 is 5.32 Å². The smallest absolute Gasteiger partial charge is 0.339 e. The average Bonchev–Trinajstić information content (AvgIpc) is 3.18. The minimum atomic E-state index is -0.946. The van der Waals surface area contributed by atoms with Crippen molar-refractivity contribution >= 4 is 28.2 Å². The summed E-state index contributed by atoms with van der Waals surface area (Å²) in [5, 5.41) is 14.9. The lowest BCUT2D eigenvalue weighted by Crippen LogP contribution is -2.13. The number of thiophene rings is 1. The number of hydrogen-bond acceptors (Lipinski definition) is 3. The van der Waals surface area contributed by atoms with Gasteiger partial charge in [-0.3, -0.25) is 4.79 Å². The normalized spacial score (nSPS) is 24.9. The van der Waals surface area contributed by atoms with E-state index in [1.807, 2.05) is 11.4 Å². The van der Waals surface area contributed by atoms with E-state index >= 15 is 0 Å². The predicted molar refractivity (Wildman–Crippen MR) is 93.9 cm³/mol. The van der Waals surface area contributed by atoms with Gasteiger partial charge in [0.05, 0.1) is 5.56 Å². The first kappa shape index (κ1) is 15.4. The number of carbonyl (C=O) groups is 2. The zero-order chi connectivity index (χ0) is 16.7. The molecule has 2 aliphatic carbocycles. The molecule has 2 aromatic rings. The third kappa shape index (κ3) is 2.63. The number of rotatable bonds is 4. The third-order valence-corrected chi connectivity index (χ3v) is 6.23. The van der Waals surface area contributed by atoms with Gasteiger partial charge < -0.3 is 10.4 Å². The van der Waals surface area contributed by atoms with Gasteiger partial charge in [-0.15, -0.1) is 11.3 Å². The van der Waals surface area contributed by atoms with Gasteiger partial charge >= 0.3 is 5.97 Å². The van der Waals surface area contributed by atoms with Crippen LogP contribution in [0.15, 0.2) is 35.7 Å². The van der Waals surface area contributed by atoms with E-state index in [1.54, 1.807) is 24.3 Å². The summed E-state index contributed by atoms with van der Waals surface area (Å²) >= 11 is 1.33. The molecule has 0 bridgehead atoms. The fourth-order valence-corrected chi connectivity index (χ4v) is 5.14. The van der Waals surface area contributed by atoms with Crippen LogP contribution in [0.3, 0.4) is 0 Å². The van der Waals surface area contributed by atoms with Crippen LogP contribution in [0.1, 0.15) is 57.9 Å². The number of carboxylic acids is 1. The number of anilines is 1. The fourth-order valence-electron chi connectivity index (χ4n) is 4.15. The summed E-state index contributed by atoms with van der Waals surface area (Å²) in [5.41, 5.74) is 1.75. The SMILES string of the molecule is O=C(Nc1scc(C2C3CCCCC32)c1C(=O)O)c1ccccc1. The van der Waals surface area contributed by atoms with Gasteiger partial charge in [0.15, 0.2) is 0 Å². The lowest BCUT2D eigenvalue weighted by molar-refractivity contribution is 0.0697. The summed E-state index contributed by atoms with van der Waals surface area (Å²) in [6, 6.07) is 8.88. The van der Waals surface area contributed by atoms with E-state index in [2.05, 4.69) is 5.32 Å². The largest absolute Gasteiger partial charge is 0.478 e. The van der Waals surface area contributed by atoms with E-state index in [0.29, 0.717) is 33.9 Å². The second-order valence-electron chi connectivity index (χ2n) is 6.66. The monoisotopic (exact) mass is 341 g/mol. The first-order valence-corrected chi connectivity index (χ1v) is 9.26. The van der Waals surface area contributed by atoms with Gasteiger partial charge in [0, 0.05) is 5.56 Å². The van der Waals surface area contributed by atoms with Crippen LogP contribution in [0.25, 0.3) is 0 Å². The zero-order valence-corrected chi connectivity index (χ0v) is 14.0. The molecule has 2 saturated carbocycles. The Morgan fingerprint density at radius 1 is 1.08 bits per heavy atom. The Morgan fingerprint density at radius 2 is 1.75 bits per heavy atom. The molecule has 0 radical (unpaired) electrons. The summed E-state index contributed by atoms with van der Waals surface area (Å²) in [6.45, 7) is 0. The summed E-state index contributed by atoms with van der Waals surface area (Å²) in [6.07, 6.45) is 4.91. The quantitative estimate of drug-likeness (QED) is 0.854. The number of nitrogens with one attached hydrogen (secondary N) is 1. The first-order valence-electron chi connectivity index (χ1n) is 8.38. The Morgan fingerprint density at radius 3 is 2.38 bits per heavy atom. The van der Waals surface area contributed by atoms with Crippen LogP contribution in [0.2, 0.25) is 0 Å². The van der Waals surface area contributed by atoms with Crippen molar-refractivity contribution in [2.45, 2.75) is 31.6 Å². The molecule has 4 rings (SSSR count). The molecule has 4 nitrogen and oxygen atoms in total. The highest BCUT2D eigenvalue weighted by Gasteiger charge is 2.52. The minimum Gasteiger partial charge on any atom is -0.478 e. The molecule has 2 aliphatic rings. The van der Waals surface area contributed by atoms with Gasteiger partial charge in [-0.2, -0.15) is 0 Å². The van der Waals surface area contributed by atoms with Gasteiger partial charge in [-0.1, -0.05) is 31.0 Å². The Bertz CT molecular complexity index is 771. The highest BCUT2D eigenvalue weighted by atomic mass is 32.1. The van der Waals surface area contributed by atoms with Crippen molar-refractivity contribution in [2.24, 2.45) is 11.8 Å². The molecule has 5 heteroatoms. The van der Waals surface area contributed by atoms with Crippen LogP contribution >= 0.6 is 11.3 Å². The van der Waals surface area contributed by atoms with Crippen LogP contribution in [0.5, 0.6) is 0 Å². The highest BCUT2D eigenvalue weighted by Crippen LogP contribution is 2.62. The van der Waals surface area contributed by atoms with Crippen molar-refractivity contribution in [2.75, 3.05) is 5.32 Å². The summed E-state index contributed by atoms with van der Waals surface area (Å²) < 4.78 is 0. The second-order valence-corrected chi connectivity index (χ2v) is 7.54. The Hall–Kier alpha value is -2.14. The molecule has 1 aromatic carbocycles. The van der Waals surface area contributed by atoms with Gasteiger partial charge in [-0.25, -0.2) is 4.79 Å². The van der Waals surface area contributed by atoms with Crippen molar-refractivity contribution in [1.82, 2.24) is 0 Å². The average molecular weight is 341 g/mol. The fraction of sp³-hybridized carbons (Fsp3) is 0.368. The van der Waals surface area contributed by atoms with Gasteiger partial charge in [0.25, 0.3) is 5.91 Å². The molecule has 1 aromatic heterocycles. The molecular formula is C19H19NO3S. The first-order chi connectivity index (χ1) is 11.7. The van der Waals surface area contributed by atoms with Gasteiger partial charge in [-0.05, 0) is 53.7 Å². The standard InChI is InChI=1S/C19H19NO3S/c21-17(11-6-2-1-3-7-11)20-18-16(19(22)23)14(10-24-18)15-12-8-4-5-9-13(12)15/h1-3,6-7,10,12-13,15H,4-5,8-9H2,(H,20,21)(H,22,23). The minimum absolute atomic E-state index is 0.264. The molecule has 2 fully saturated rings. The van der Waals surface area contributed by atoms with Crippen molar-refractivity contribution in [3.05, 3.63) is 52.4 Å². The molecule has 1 heterocycles. The molecule has 0 saturated heterocycles. The van der Waals surface area contributed by atoms with E-state index in [0.717, 1.165) is 5.56 Å². The molecule has 2 unspecified atom stereocenters.